The monoisotopic (exact) mass is 305 g/mol. The Bertz CT molecular complexity index is 581. The van der Waals surface area contributed by atoms with E-state index in [9.17, 15) is 4.79 Å². The van der Waals surface area contributed by atoms with E-state index < -0.39 is 0 Å². The van der Waals surface area contributed by atoms with E-state index in [-0.39, 0.29) is 5.91 Å². The zero-order chi connectivity index (χ0) is 15.1. The van der Waals surface area contributed by atoms with E-state index in [4.69, 9.17) is 9.47 Å². The molecule has 5 heteroatoms. The first-order chi connectivity index (χ1) is 10.2. The quantitative estimate of drug-likeness (QED) is 0.852. The Hall–Kier alpha value is -2.01. The van der Waals surface area contributed by atoms with Crippen LogP contribution in [0.5, 0.6) is 11.5 Å². The van der Waals surface area contributed by atoms with E-state index >= 15 is 0 Å². The van der Waals surface area contributed by atoms with Crippen molar-refractivity contribution >= 4 is 17.2 Å². The second-order valence-corrected chi connectivity index (χ2v) is 5.25. The number of hydrogen-bond donors (Lipinski definition) is 1. The molecule has 2 aromatic rings. The van der Waals surface area contributed by atoms with Crippen LogP contribution in [-0.2, 0) is 6.54 Å². The summed E-state index contributed by atoms with van der Waals surface area (Å²) >= 11 is 1.43. The van der Waals surface area contributed by atoms with E-state index in [0.29, 0.717) is 30.4 Å². The van der Waals surface area contributed by atoms with Crippen LogP contribution in [0.15, 0.2) is 35.7 Å². The summed E-state index contributed by atoms with van der Waals surface area (Å²) in [5.41, 5.74) is 0.979. The van der Waals surface area contributed by atoms with Gasteiger partial charge in [0, 0.05) is 6.54 Å². The Morgan fingerprint density at radius 1 is 1.14 bits per heavy atom. The summed E-state index contributed by atoms with van der Waals surface area (Å²) in [6.45, 7) is 5.49. The highest BCUT2D eigenvalue weighted by Crippen LogP contribution is 2.28. The lowest BCUT2D eigenvalue weighted by molar-refractivity contribution is 0.0955. The predicted molar refractivity (Wildman–Crippen MR) is 84.3 cm³/mol. The van der Waals surface area contributed by atoms with Gasteiger partial charge in [-0.05, 0) is 43.0 Å². The third kappa shape index (κ3) is 4.23. The molecule has 1 heterocycles. The molecule has 0 aliphatic carbocycles. The van der Waals surface area contributed by atoms with Crippen LogP contribution < -0.4 is 14.8 Å². The van der Waals surface area contributed by atoms with Crippen molar-refractivity contribution in [2.45, 2.75) is 20.4 Å². The normalized spacial score (nSPS) is 10.2. The van der Waals surface area contributed by atoms with Crippen molar-refractivity contribution in [1.29, 1.82) is 0 Å². The van der Waals surface area contributed by atoms with Gasteiger partial charge in [-0.3, -0.25) is 4.79 Å². The van der Waals surface area contributed by atoms with E-state index in [2.05, 4.69) is 5.32 Å². The van der Waals surface area contributed by atoms with Crippen molar-refractivity contribution < 1.29 is 14.3 Å². The number of ether oxygens (including phenoxy) is 2. The van der Waals surface area contributed by atoms with Gasteiger partial charge in [0.05, 0.1) is 18.1 Å². The maximum atomic E-state index is 11.9. The molecule has 0 aliphatic heterocycles. The number of carbonyl (C=O) groups excluding carboxylic acids is 1. The fraction of sp³-hybridized carbons (Fsp3) is 0.312. The molecular weight excluding hydrogens is 286 g/mol. The van der Waals surface area contributed by atoms with Crippen LogP contribution in [0, 0.1) is 0 Å². The lowest BCUT2D eigenvalue weighted by Gasteiger charge is -2.12. The molecule has 2 rings (SSSR count). The average molecular weight is 305 g/mol. The maximum absolute atomic E-state index is 11.9. The SMILES string of the molecule is CCOc1ccc(CNC(=O)c2cccs2)cc1OCC. The van der Waals surface area contributed by atoms with Gasteiger partial charge in [-0.2, -0.15) is 0 Å². The van der Waals surface area contributed by atoms with Gasteiger partial charge in [0.25, 0.3) is 5.91 Å². The topological polar surface area (TPSA) is 47.6 Å². The van der Waals surface area contributed by atoms with Crippen LogP contribution >= 0.6 is 11.3 Å². The molecule has 0 unspecified atom stereocenters. The van der Waals surface area contributed by atoms with E-state index in [1.54, 1.807) is 0 Å². The van der Waals surface area contributed by atoms with Gasteiger partial charge in [0.2, 0.25) is 0 Å². The first-order valence-corrected chi connectivity index (χ1v) is 7.82. The third-order valence-corrected chi connectivity index (χ3v) is 3.67. The molecule has 0 bridgehead atoms. The van der Waals surface area contributed by atoms with Crippen molar-refractivity contribution in [1.82, 2.24) is 5.32 Å². The van der Waals surface area contributed by atoms with Gasteiger partial charge in [-0.1, -0.05) is 12.1 Å². The molecule has 1 aromatic heterocycles. The Morgan fingerprint density at radius 3 is 2.57 bits per heavy atom. The molecule has 0 spiro atoms. The lowest BCUT2D eigenvalue weighted by Crippen LogP contribution is -2.21. The van der Waals surface area contributed by atoms with Gasteiger partial charge in [0.1, 0.15) is 0 Å². The lowest BCUT2D eigenvalue weighted by atomic mass is 10.2. The third-order valence-electron chi connectivity index (χ3n) is 2.81. The molecule has 0 fully saturated rings. The predicted octanol–water partition coefficient (Wildman–Crippen LogP) is 3.48. The van der Waals surface area contributed by atoms with Crippen LogP contribution in [0.3, 0.4) is 0 Å². The molecule has 1 amide bonds. The number of amides is 1. The fourth-order valence-electron chi connectivity index (χ4n) is 1.88. The number of nitrogens with one attached hydrogen (secondary N) is 1. The molecule has 1 N–H and O–H groups in total. The molecule has 0 aliphatic rings. The van der Waals surface area contributed by atoms with Crippen molar-refractivity contribution in [3.8, 4) is 11.5 Å². The summed E-state index contributed by atoms with van der Waals surface area (Å²) in [6, 6.07) is 9.39. The van der Waals surface area contributed by atoms with E-state index in [0.717, 1.165) is 11.3 Å². The Balaban J connectivity index is 2.03. The molecule has 0 atom stereocenters. The highest BCUT2D eigenvalue weighted by atomic mass is 32.1. The van der Waals surface area contributed by atoms with Gasteiger partial charge < -0.3 is 14.8 Å². The van der Waals surface area contributed by atoms with Gasteiger partial charge >= 0.3 is 0 Å². The van der Waals surface area contributed by atoms with Crippen LogP contribution in [0.25, 0.3) is 0 Å². The smallest absolute Gasteiger partial charge is 0.261 e. The number of benzene rings is 1. The minimum absolute atomic E-state index is 0.0585. The summed E-state index contributed by atoms with van der Waals surface area (Å²) in [4.78, 5) is 12.6. The number of hydrogen-bond acceptors (Lipinski definition) is 4. The zero-order valence-electron chi connectivity index (χ0n) is 12.2. The molecular formula is C16H19NO3S. The molecule has 0 saturated heterocycles. The zero-order valence-corrected chi connectivity index (χ0v) is 13.0. The fourth-order valence-corrected chi connectivity index (χ4v) is 2.52. The molecule has 1 aromatic carbocycles. The van der Waals surface area contributed by atoms with Crippen LogP contribution in [0.2, 0.25) is 0 Å². The maximum Gasteiger partial charge on any atom is 0.261 e. The highest BCUT2D eigenvalue weighted by molar-refractivity contribution is 7.12. The molecule has 0 radical (unpaired) electrons. The number of rotatable bonds is 7. The van der Waals surface area contributed by atoms with Crippen molar-refractivity contribution in [2.75, 3.05) is 13.2 Å². The average Bonchev–Trinajstić information content (AvgIpc) is 3.02. The largest absolute Gasteiger partial charge is 0.490 e. The Morgan fingerprint density at radius 2 is 1.90 bits per heavy atom. The molecule has 0 saturated carbocycles. The molecule has 112 valence electrons. The van der Waals surface area contributed by atoms with Crippen molar-refractivity contribution in [2.24, 2.45) is 0 Å². The summed E-state index contributed by atoms with van der Waals surface area (Å²) in [5.74, 6) is 1.38. The second kappa shape index (κ2) is 7.69. The standard InChI is InChI=1S/C16H19NO3S/c1-3-19-13-8-7-12(10-14(13)20-4-2)11-17-16(18)15-6-5-9-21-15/h5-10H,3-4,11H2,1-2H3,(H,17,18). The van der Waals surface area contributed by atoms with Gasteiger partial charge in [0.15, 0.2) is 11.5 Å². The Kier molecular flexibility index (Phi) is 5.63. The van der Waals surface area contributed by atoms with Crippen LogP contribution in [0.1, 0.15) is 29.1 Å². The first-order valence-electron chi connectivity index (χ1n) is 6.94. The van der Waals surface area contributed by atoms with Crippen molar-refractivity contribution in [3.63, 3.8) is 0 Å². The molecule has 21 heavy (non-hydrogen) atoms. The number of carbonyl (C=O) groups is 1. The first kappa shape index (κ1) is 15.4. The minimum atomic E-state index is -0.0585. The second-order valence-electron chi connectivity index (χ2n) is 4.31. The van der Waals surface area contributed by atoms with Crippen molar-refractivity contribution in [3.05, 3.63) is 46.2 Å². The molecule has 4 nitrogen and oxygen atoms in total. The summed E-state index contributed by atoms with van der Waals surface area (Å²) in [6.07, 6.45) is 0. The van der Waals surface area contributed by atoms with E-state index in [1.165, 1.54) is 11.3 Å². The Labute approximate surface area is 128 Å². The van der Waals surface area contributed by atoms with E-state index in [1.807, 2.05) is 49.6 Å². The van der Waals surface area contributed by atoms with Crippen LogP contribution in [0.4, 0.5) is 0 Å². The number of thiophene rings is 1. The summed E-state index contributed by atoms with van der Waals surface area (Å²) in [7, 11) is 0. The van der Waals surface area contributed by atoms with Gasteiger partial charge in [-0.25, -0.2) is 0 Å². The summed E-state index contributed by atoms with van der Waals surface area (Å²) in [5, 5.41) is 4.79. The summed E-state index contributed by atoms with van der Waals surface area (Å²) < 4.78 is 11.1. The van der Waals surface area contributed by atoms with Crippen LogP contribution in [-0.4, -0.2) is 19.1 Å². The highest BCUT2D eigenvalue weighted by Gasteiger charge is 2.09. The minimum Gasteiger partial charge on any atom is -0.490 e. The van der Waals surface area contributed by atoms with Gasteiger partial charge in [-0.15, -0.1) is 11.3 Å².